The smallest absolute Gasteiger partial charge is 0.271 e. The van der Waals surface area contributed by atoms with Gasteiger partial charge in [0.15, 0.2) is 0 Å². The highest BCUT2D eigenvalue weighted by molar-refractivity contribution is 7.78. The van der Waals surface area contributed by atoms with Gasteiger partial charge in [-0.2, -0.15) is 5.10 Å². The van der Waals surface area contributed by atoms with Crippen LogP contribution in [0.15, 0.2) is 30.5 Å². The van der Waals surface area contributed by atoms with E-state index < -0.39 is 16.3 Å². The molecule has 1 heterocycles. The molecule has 0 saturated carbocycles. The van der Waals surface area contributed by atoms with Crippen LogP contribution in [-0.4, -0.2) is 23.8 Å². The normalized spacial score (nSPS) is 12.4. The van der Waals surface area contributed by atoms with Crippen LogP contribution in [0, 0.1) is 0 Å². The van der Waals surface area contributed by atoms with Crippen molar-refractivity contribution in [3.05, 3.63) is 41.7 Å². The van der Waals surface area contributed by atoms with E-state index in [0.29, 0.717) is 16.8 Å². The van der Waals surface area contributed by atoms with Crippen molar-refractivity contribution in [3.8, 4) is 11.1 Å². The summed E-state index contributed by atoms with van der Waals surface area (Å²) in [5, 5.41) is 3.41. The molecule has 0 N–H and O–H groups in total. The van der Waals surface area contributed by atoms with Crippen LogP contribution in [0.5, 0.6) is 0 Å². The molecule has 0 aliphatic rings. The first-order valence-electron chi connectivity index (χ1n) is 5.36. The van der Waals surface area contributed by atoms with Crippen molar-refractivity contribution in [3.63, 3.8) is 0 Å². The molecule has 1 unspecified atom stereocenters. The van der Waals surface area contributed by atoms with E-state index >= 15 is 0 Å². The Kier molecular flexibility index (Phi) is 4.14. The monoisotopic (exact) mass is 297 g/mol. The molecule has 0 bridgehead atoms. The zero-order valence-corrected chi connectivity index (χ0v) is 11.6. The van der Waals surface area contributed by atoms with Gasteiger partial charge in [-0.05, 0) is 22.7 Å². The molecule has 1 aromatic heterocycles. The molecule has 2 aromatic rings. The number of nitrogens with zero attached hydrogens (tertiary/aromatic N) is 2. The van der Waals surface area contributed by atoms with Gasteiger partial charge in [0.2, 0.25) is 0 Å². The molecule has 0 aliphatic heterocycles. The summed E-state index contributed by atoms with van der Waals surface area (Å²) in [6, 6.07) is 6.87. The minimum atomic E-state index is -2.12. The second-order valence-corrected chi connectivity index (χ2v) is 5.19. The lowest BCUT2D eigenvalue weighted by atomic mass is 10.1. The van der Waals surface area contributed by atoms with Crippen molar-refractivity contribution < 1.29 is 13.6 Å². The van der Waals surface area contributed by atoms with Gasteiger partial charge in [-0.1, -0.05) is 35.3 Å². The van der Waals surface area contributed by atoms with Crippen molar-refractivity contribution in [1.82, 2.24) is 9.78 Å². The summed E-state index contributed by atoms with van der Waals surface area (Å²) in [6.07, 6.45) is 1.55. The quantitative estimate of drug-likeness (QED) is 0.637. The van der Waals surface area contributed by atoms with Crippen LogP contribution in [0.3, 0.4) is 0 Å². The molecule has 0 spiro atoms. The summed E-state index contributed by atoms with van der Waals surface area (Å²) in [5.74, 6) is -0.0331. The highest BCUT2D eigenvalue weighted by Crippen LogP contribution is 2.25. The van der Waals surface area contributed by atoms with Gasteiger partial charge >= 0.3 is 0 Å². The van der Waals surface area contributed by atoms with Gasteiger partial charge in [-0.15, -0.1) is 0 Å². The molecule has 100 valence electrons. The maximum absolute atomic E-state index is 11.4. The SMILES string of the molecule is Cn1ncc(-c2ccc(CS(=O)[O-])cc2)c1C(=O)Cl. The van der Waals surface area contributed by atoms with Gasteiger partial charge in [0.1, 0.15) is 5.69 Å². The van der Waals surface area contributed by atoms with Gasteiger partial charge in [0.05, 0.1) is 6.20 Å². The Balaban J connectivity index is 2.37. The average molecular weight is 298 g/mol. The van der Waals surface area contributed by atoms with Crippen LogP contribution >= 0.6 is 11.6 Å². The van der Waals surface area contributed by atoms with Crippen molar-refractivity contribution in [1.29, 1.82) is 0 Å². The Morgan fingerprint density at radius 3 is 2.58 bits per heavy atom. The predicted octanol–water partition coefficient (Wildman–Crippen LogP) is 1.85. The maximum atomic E-state index is 11.4. The van der Waals surface area contributed by atoms with Crippen LogP contribution in [0.4, 0.5) is 0 Å². The van der Waals surface area contributed by atoms with Gasteiger partial charge in [0, 0.05) is 18.4 Å². The zero-order chi connectivity index (χ0) is 14.0. The lowest BCUT2D eigenvalue weighted by molar-refractivity contribution is 0.107. The molecule has 1 atom stereocenters. The number of aromatic nitrogens is 2. The molecule has 7 heteroatoms. The van der Waals surface area contributed by atoms with E-state index in [1.54, 1.807) is 37.5 Å². The Morgan fingerprint density at radius 2 is 2.05 bits per heavy atom. The highest BCUT2D eigenvalue weighted by Gasteiger charge is 2.15. The molecule has 0 aliphatic carbocycles. The van der Waals surface area contributed by atoms with Crippen molar-refractivity contribution in [2.75, 3.05) is 0 Å². The Labute approximate surface area is 117 Å². The third kappa shape index (κ3) is 3.09. The summed E-state index contributed by atoms with van der Waals surface area (Å²) in [7, 11) is 1.63. The largest absolute Gasteiger partial charge is 0.772 e. The highest BCUT2D eigenvalue weighted by atomic mass is 35.5. The van der Waals surface area contributed by atoms with E-state index in [9.17, 15) is 13.6 Å². The first-order valence-corrected chi connectivity index (χ1v) is 6.98. The zero-order valence-electron chi connectivity index (χ0n) is 10.00. The maximum Gasteiger partial charge on any atom is 0.271 e. The van der Waals surface area contributed by atoms with Crippen molar-refractivity contribution in [2.24, 2.45) is 7.05 Å². The fourth-order valence-corrected chi connectivity index (χ4v) is 2.49. The van der Waals surface area contributed by atoms with Gasteiger partial charge < -0.3 is 4.55 Å². The minimum absolute atomic E-state index is 0.0331. The number of carbonyl (C=O) groups excluding carboxylic acids is 1. The molecule has 0 radical (unpaired) electrons. The van der Waals surface area contributed by atoms with Crippen LogP contribution in [-0.2, 0) is 23.9 Å². The summed E-state index contributed by atoms with van der Waals surface area (Å²) in [5.41, 5.74) is 2.37. The number of hydrogen-bond donors (Lipinski definition) is 0. The Morgan fingerprint density at radius 1 is 1.42 bits per heavy atom. The molecule has 5 nitrogen and oxygen atoms in total. The number of hydrogen-bond acceptors (Lipinski definition) is 4. The fraction of sp³-hybridized carbons (Fsp3) is 0.167. The van der Waals surface area contributed by atoms with Gasteiger partial charge in [0.25, 0.3) is 5.24 Å². The van der Waals surface area contributed by atoms with Gasteiger partial charge in [-0.25, -0.2) is 0 Å². The van der Waals surface area contributed by atoms with Crippen LogP contribution in [0.1, 0.15) is 16.1 Å². The Bertz CT molecular complexity index is 637. The summed E-state index contributed by atoms with van der Waals surface area (Å²) < 4.78 is 22.6. The number of halogens is 1. The third-order valence-electron chi connectivity index (χ3n) is 2.67. The van der Waals surface area contributed by atoms with E-state index in [0.717, 1.165) is 5.56 Å². The number of carbonyl (C=O) groups is 1. The number of rotatable bonds is 4. The lowest BCUT2D eigenvalue weighted by Gasteiger charge is -2.06. The molecule has 0 amide bonds. The van der Waals surface area contributed by atoms with E-state index in [1.165, 1.54) is 4.68 Å². The second kappa shape index (κ2) is 5.64. The summed E-state index contributed by atoms with van der Waals surface area (Å²) >= 11 is 3.41. The molecule has 2 rings (SSSR count). The van der Waals surface area contributed by atoms with E-state index in [2.05, 4.69) is 5.10 Å². The number of benzene rings is 1. The minimum Gasteiger partial charge on any atom is -0.772 e. The molecular formula is C12H10ClN2O3S-. The van der Waals surface area contributed by atoms with Crippen molar-refractivity contribution >= 4 is 27.9 Å². The Hall–Kier alpha value is -1.50. The van der Waals surface area contributed by atoms with Crippen molar-refractivity contribution in [2.45, 2.75) is 5.75 Å². The molecule has 0 fully saturated rings. The third-order valence-corrected chi connectivity index (χ3v) is 3.42. The van der Waals surface area contributed by atoms with Gasteiger partial charge in [-0.3, -0.25) is 13.7 Å². The summed E-state index contributed by atoms with van der Waals surface area (Å²) in [6.45, 7) is 0. The molecule has 0 saturated heterocycles. The van der Waals surface area contributed by atoms with Crippen LogP contribution in [0.25, 0.3) is 11.1 Å². The molecular weight excluding hydrogens is 288 g/mol. The molecule has 19 heavy (non-hydrogen) atoms. The second-order valence-electron chi connectivity index (χ2n) is 3.95. The fourth-order valence-electron chi connectivity index (χ4n) is 1.80. The molecule has 1 aromatic carbocycles. The van der Waals surface area contributed by atoms with E-state index in [-0.39, 0.29) is 5.75 Å². The summed E-state index contributed by atoms with van der Waals surface area (Å²) in [4.78, 5) is 11.4. The van der Waals surface area contributed by atoms with Crippen LogP contribution < -0.4 is 0 Å². The lowest BCUT2D eigenvalue weighted by Crippen LogP contribution is -2.02. The first kappa shape index (κ1) is 13.9. The van der Waals surface area contributed by atoms with E-state index in [1.807, 2.05) is 0 Å². The topological polar surface area (TPSA) is 75.0 Å². The first-order chi connectivity index (χ1) is 8.99. The van der Waals surface area contributed by atoms with E-state index in [4.69, 9.17) is 11.6 Å². The standard InChI is InChI=1S/C12H11ClN2O3S/c1-15-11(12(13)16)10(6-14-15)9-4-2-8(3-5-9)7-19(17)18/h2-6H,7H2,1H3,(H,17,18)/p-1. The predicted molar refractivity (Wildman–Crippen MR) is 71.5 cm³/mol. The number of aryl methyl sites for hydroxylation is 1. The van der Waals surface area contributed by atoms with Crippen LogP contribution in [0.2, 0.25) is 0 Å². The average Bonchev–Trinajstić information content (AvgIpc) is 2.71.